The van der Waals surface area contributed by atoms with Gasteiger partial charge in [-0.3, -0.25) is 4.79 Å². The van der Waals surface area contributed by atoms with E-state index in [-0.39, 0.29) is 5.91 Å². The highest BCUT2D eigenvalue weighted by Crippen LogP contribution is 2.38. The fraction of sp³-hybridized carbons (Fsp3) is 0.269. The van der Waals surface area contributed by atoms with Crippen molar-refractivity contribution in [1.29, 1.82) is 0 Å². The van der Waals surface area contributed by atoms with Gasteiger partial charge in [0.2, 0.25) is 11.9 Å². The van der Waals surface area contributed by atoms with Crippen molar-refractivity contribution in [3.05, 3.63) is 66.9 Å². The van der Waals surface area contributed by atoms with E-state index < -0.39 is 0 Å². The Morgan fingerprint density at radius 1 is 1.09 bits per heavy atom. The van der Waals surface area contributed by atoms with Crippen molar-refractivity contribution in [1.82, 2.24) is 14.9 Å². The van der Waals surface area contributed by atoms with Crippen LogP contribution < -0.4 is 25.6 Å². The van der Waals surface area contributed by atoms with E-state index in [9.17, 15) is 4.79 Å². The molecule has 0 spiro atoms. The van der Waals surface area contributed by atoms with Crippen LogP contribution >= 0.6 is 0 Å². The number of ether oxygens (including phenoxy) is 1. The minimum atomic E-state index is -0.302. The molecule has 1 heterocycles. The van der Waals surface area contributed by atoms with Gasteiger partial charge in [-0.15, -0.1) is 0 Å². The SMILES string of the molecule is C=CC(=O)Nc1cc(Nc2nccc(Nc3cccc(C)c3)n2)c(OC)cc1N(C)CCN(C)C. The molecule has 0 unspecified atom stereocenters. The van der Waals surface area contributed by atoms with Gasteiger partial charge in [0.25, 0.3) is 0 Å². The molecule has 1 amide bonds. The standard InChI is InChI=1S/C26H33N7O2/c1-7-25(34)29-20-16-21(23(35-6)17-22(20)33(5)14-13-32(3)4)30-26-27-12-11-24(31-26)28-19-10-8-9-18(2)15-19/h7-12,15-17H,1,13-14H2,2-6H3,(H,29,34)(H2,27,28,30,31). The lowest BCUT2D eigenvalue weighted by Gasteiger charge is -2.26. The number of aryl methyl sites for hydroxylation is 1. The highest BCUT2D eigenvalue weighted by Gasteiger charge is 2.16. The zero-order valence-electron chi connectivity index (χ0n) is 20.9. The zero-order chi connectivity index (χ0) is 25.4. The van der Waals surface area contributed by atoms with Crippen LogP contribution in [0.4, 0.5) is 34.5 Å². The van der Waals surface area contributed by atoms with Crippen molar-refractivity contribution in [3.8, 4) is 5.75 Å². The van der Waals surface area contributed by atoms with Crippen LogP contribution in [0.3, 0.4) is 0 Å². The first-order chi connectivity index (χ1) is 16.8. The number of carbonyl (C=O) groups is 1. The first kappa shape index (κ1) is 25.5. The summed E-state index contributed by atoms with van der Waals surface area (Å²) in [5, 5.41) is 9.40. The second kappa shape index (κ2) is 11.8. The molecule has 3 N–H and O–H groups in total. The van der Waals surface area contributed by atoms with Crippen molar-refractivity contribution in [3.63, 3.8) is 0 Å². The molecule has 0 aliphatic carbocycles. The quantitative estimate of drug-likeness (QED) is 0.351. The fourth-order valence-corrected chi connectivity index (χ4v) is 3.39. The van der Waals surface area contributed by atoms with Gasteiger partial charge in [0.1, 0.15) is 11.6 Å². The van der Waals surface area contributed by atoms with Crippen molar-refractivity contribution in [2.75, 3.05) is 62.2 Å². The van der Waals surface area contributed by atoms with Crippen LogP contribution in [0.15, 0.2) is 61.3 Å². The van der Waals surface area contributed by atoms with Gasteiger partial charge in [-0.2, -0.15) is 4.98 Å². The molecule has 3 aromatic rings. The molecule has 0 fully saturated rings. The number of hydrogen-bond donors (Lipinski definition) is 3. The maximum Gasteiger partial charge on any atom is 0.247 e. The number of methoxy groups -OCH3 is 1. The van der Waals surface area contributed by atoms with Crippen LogP contribution in [-0.2, 0) is 4.79 Å². The molecular weight excluding hydrogens is 442 g/mol. The number of aromatic nitrogens is 2. The predicted molar refractivity (Wildman–Crippen MR) is 143 cm³/mol. The van der Waals surface area contributed by atoms with Crippen molar-refractivity contribution in [2.45, 2.75) is 6.92 Å². The monoisotopic (exact) mass is 475 g/mol. The van der Waals surface area contributed by atoms with Gasteiger partial charge in [0.05, 0.1) is 24.2 Å². The molecule has 0 bridgehead atoms. The Morgan fingerprint density at radius 2 is 1.89 bits per heavy atom. The number of anilines is 6. The van der Waals surface area contributed by atoms with Crippen molar-refractivity contribution < 1.29 is 9.53 Å². The average molecular weight is 476 g/mol. The van der Waals surface area contributed by atoms with Crippen LogP contribution in [0.25, 0.3) is 0 Å². The molecule has 9 nitrogen and oxygen atoms in total. The Morgan fingerprint density at radius 3 is 2.57 bits per heavy atom. The third kappa shape index (κ3) is 7.18. The van der Waals surface area contributed by atoms with E-state index in [1.54, 1.807) is 19.4 Å². The van der Waals surface area contributed by atoms with Gasteiger partial charge in [-0.05, 0) is 56.9 Å². The molecule has 0 saturated carbocycles. The van der Waals surface area contributed by atoms with Crippen LogP contribution in [0.1, 0.15) is 5.56 Å². The molecule has 2 aromatic carbocycles. The Kier molecular flexibility index (Phi) is 8.63. The maximum absolute atomic E-state index is 12.1. The molecule has 0 radical (unpaired) electrons. The van der Waals surface area contributed by atoms with E-state index in [0.29, 0.717) is 28.9 Å². The minimum absolute atomic E-state index is 0.302. The van der Waals surface area contributed by atoms with E-state index in [0.717, 1.165) is 30.0 Å². The van der Waals surface area contributed by atoms with Crippen LogP contribution in [0.2, 0.25) is 0 Å². The highest BCUT2D eigenvalue weighted by molar-refractivity contribution is 6.02. The first-order valence-corrected chi connectivity index (χ1v) is 11.2. The predicted octanol–water partition coefficient (Wildman–Crippen LogP) is 4.40. The molecule has 9 heteroatoms. The van der Waals surface area contributed by atoms with E-state index in [2.05, 4.69) is 42.3 Å². The summed E-state index contributed by atoms with van der Waals surface area (Å²) < 4.78 is 5.66. The molecule has 3 rings (SSSR count). The zero-order valence-corrected chi connectivity index (χ0v) is 20.9. The summed E-state index contributed by atoms with van der Waals surface area (Å²) in [4.78, 5) is 25.2. The number of benzene rings is 2. The van der Waals surface area contributed by atoms with E-state index in [1.165, 1.54) is 6.08 Å². The van der Waals surface area contributed by atoms with Gasteiger partial charge >= 0.3 is 0 Å². The van der Waals surface area contributed by atoms with E-state index in [1.807, 2.05) is 64.5 Å². The van der Waals surface area contributed by atoms with E-state index in [4.69, 9.17) is 4.74 Å². The number of nitrogens with one attached hydrogen (secondary N) is 3. The summed E-state index contributed by atoms with van der Waals surface area (Å²) in [7, 11) is 7.61. The number of hydrogen-bond acceptors (Lipinski definition) is 8. The molecule has 35 heavy (non-hydrogen) atoms. The Labute approximate surface area is 206 Å². The van der Waals surface area contributed by atoms with Crippen LogP contribution in [0.5, 0.6) is 5.75 Å². The summed E-state index contributed by atoms with van der Waals surface area (Å²) in [5.41, 5.74) is 4.14. The van der Waals surface area contributed by atoms with Crippen molar-refractivity contribution >= 4 is 40.4 Å². The fourth-order valence-electron chi connectivity index (χ4n) is 3.39. The summed E-state index contributed by atoms with van der Waals surface area (Å²) in [6, 6.07) is 13.5. The lowest BCUT2D eigenvalue weighted by Crippen LogP contribution is -2.29. The van der Waals surface area contributed by atoms with Crippen molar-refractivity contribution in [2.24, 2.45) is 0 Å². The number of likely N-dealkylation sites (N-methyl/N-ethyl adjacent to an activating group) is 2. The van der Waals surface area contributed by atoms with Gasteiger partial charge in [-0.1, -0.05) is 18.7 Å². The Balaban J connectivity index is 1.91. The van der Waals surface area contributed by atoms with Crippen LogP contribution in [-0.4, -0.2) is 62.1 Å². The molecule has 0 aliphatic rings. The molecule has 0 saturated heterocycles. The number of carbonyl (C=O) groups excluding carboxylic acids is 1. The number of rotatable bonds is 11. The van der Waals surface area contributed by atoms with Gasteiger partial charge in [0.15, 0.2) is 0 Å². The lowest BCUT2D eigenvalue weighted by molar-refractivity contribution is -0.111. The summed E-state index contributed by atoms with van der Waals surface area (Å²) >= 11 is 0. The summed E-state index contributed by atoms with van der Waals surface area (Å²) in [6.07, 6.45) is 2.91. The molecule has 0 atom stereocenters. The minimum Gasteiger partial charge on any atom is -0.494 e. The molecule has 184 valence electrons. The topological polar surface area (TPSA) is 94.6 Å². The van der Waals surface area contributed by atoms with Gasteiger partial charge in [-0.25, -0.2) is 4.98 Å². The molecule has 1 aromatic heterocycles. The van der Waals surface area contributed by atoms with Crippen LogP contribution in [0, 0.1) is 6.92 Å². The lowest BCUT2D eigenvalue weighted by atomic mass is 10.2. The Hall–Kier alpha value is -4.11. The normalized spacial score (nSPS) is 10.6. The third-order valence-corrected chi connectivity index (χ3v) is 5.25. The smallest absolute Gasteiger partial charge is 0.247 e. The summed E-state index contributed by atoms with van der Waals surface area (Å²) in [5.74, 6) is 1.32. The molecule has 0 aliphatic heterocycles. The Bertz CT molecular complexity index is 1180. The maximum atomic E-state index is 12.1. The third-order valence-electron chi connectivity index (χ3n) is 5.25. The number of nitrogens with zero attached hydrogens (tertiary/aromatic N) is 4. The van der Waals surface area contributed by atoms with Gasteiger partial charge in [0, 0.05) is 38.1 Å². The first-order valence-electron chi connectivity index (χ1n) is 11.2. The molecular formula is C26H33N7O2. The largest absolute Gasteiger partial charge is 0.494 e. The summed E-state index contributed by atoms with van der Waals surface area (Å²) in [6.45, 7) is 7.21. The highest BCUT2D eigenvalue weighted by atomic mass is 16.5. The second-order valence-corrected chi connectivity index (χ2v) is 8.37. The van der Waals surface area contributed by atoms with E-state index >= 15 is 0 Å². The second-order valence-electron chi connectivity index (χ2n) is 8.37. The van der Waals surface area contributed by atoms with Gasteiger partial charge < -0.3 is 30.5 Å². The average Bonchev–Trinajstić information content (AvgIpc) is 2.83. The number of amides is 1.